The van der Waals surface area contributed by atoms with E-state index in [2.05, 4.69) is 11.9 Å². The van der Waals surface area contributed by atoms with E-state index in [9.17, 15) is 13.2 Å². The van der Waals surface area contributed by atoms with Gasteiger partial charge in [-0.1, -0.05) is 18.2 Å². The van der Waals surface area contributed by atoms with Crippen LogP contribution in [0.15, 0.2) is 24.8 Å². The van der Waals surface area contributed by atoms with Crippen molar-refractivity contribution in [1.29, 1.82) is 0 Å². The van der Waals surface area contributed by atoms with Gasteiger partial charge in [0, 0.05) is 13.1 Å². The van der Waals surface area contributed by atoms with E-state index >= 15 is 0 Å². The second-order valence-electron chi connectivity index (χ2n) is 3.38. The summed E-state index contributed by atoms with van der Waals surface area (Å²) in [5.74, 6) is -0.314. The van der Waals surface area contributed by atoms with Gasteiger partial charge in [-0.2, -0.15) is 4.31 Å². The molecule has 0 spiro atoms. The highest BCUT2D eigenvalue weighted by Crippen LogP contribution is 2.15. The fourth-order valence-corrected chi connectivity index (χ4v) is 2.61. The Morgan fingerprint density at radius 2 is 2.38 bits per heavy atom. The number of nitrogens with one attached hydrogen (secondary N) is 1. The summed E-state index contributed by atoms with van der Waals surface area (Å²) < 4.78 is 24.6. The molecule has 0 fully saturated rings. The number of rotatable bonds is 5. The largest absolute Gasteiger partial charge is 0.351 e. The maximum absolute atomic E-state index is 11.7. The molecular formula is C10H16N2O3S. The van der Waals surface area contributed by atoms with Gasteiger partial charge in [0.15, 0.2) is 0 Å². The number of carbonyl (C=O) groups excluding carboxylic acids is 1. The topological polar surface area (TPSA) is 66.5 Å². The van der Waals surface area contributed by atoms with Gasteiger partial charge in [-0.05, 0) is 6.92 Å². The molecule has 1 heterocycles. The second kappa shape index (κ2) is 5.27. The minimum absolute atomic E-state index is 0.0000810. The van der Waals surface area contributed by atoms with Gasteiger partial charge in [0.1, 0.15) is 6.04 Å². The third-order valence-electron chi connectivity index (χ3n) is 2.33. The third kappa shape index (κ3) is 2.70. The number of sulfonamides is 1. The summed E-state index contributed by atoms with van der Waals surface area (Å²) in [4.78, 5) is 11.7. The summed E-state index contributed by atoms with van der Waals surface area (Å²) in [6, 6.07) is -0.718. The molecule has 1 rings (SSSR count). The third-order valence-corrected chi connectivity index (χ3v) is 4.15. The van der Waals surface area contributed by atoms with Gasteiger partial charge in [0.2, 0.25) is 15.9 Å². The molecule has 5 nitrogen and oxygen atoms in total. The molecule has 0 aromatic carbocycles. The van der Waals surface area contributed by atoms with Gasteiger partial charge >= 0.3 is 0 Å². The van der Waals surface area contributed by atoms with Crippen molar-refractivity contribution in [2.45, 2.75) is 13.0 Å². The van der Waals surface area contributed by atoms with Gasteiger partial charge in [0.05, 0.1) is 5.75 Å². The molecule has 1 atom stereocenters. The number of hydrogen-bond donors (Lipinski definition) is 1. The predicted molar refractivity (Wildman–Crippen MR) is 62.3 cm³/mol. The first kappa shape index (κ1) is 12.9. The highest BCUT2D eigenvalue weighted by atomic mass is 32.2. The van der Waals surface area contributed by atoms with Crippen molar-refractivity contribution in [3.63, 3.8) is 0 Å². The van der Waals surface area contributed by atoms with Crippen LogP contribution in [-0.4, -0.2) is 43.5 Å². The first-order chi connectivity index (χ1) is 7.53. The van der Waals surface area contributed by atoms with Crippen LogP contribution in [0.5, 0.6) is 0 Å². The van der Waals surface area contributed by atoms with Crippen LogP contribution in [0, 0.1) is 0 Å². The minimum atomic E-state index is -3.33. The molecule has 0 radical (unpaired) electrons. The number of nitrogens with zero attached hydrogens (tertiary/aromatic N) is 1. The van der Waals surface area contributed by atoms with Crippen molar-refractivity contribution < 1.29 is 13.2 Å². The lowest BCUT2D eigenvalue weighted by Crippen LogP contribution is -2.46. The summed E-state index contributed by atoms with van der Waals surface area (Å²) in [5, 5.41) is 2.59. The van der Waals surface area contributed by atoms with Crippen LogP contribution in [0.4, 0.5) is 0 Å². The van der Waals surface area contributed by atoms with Gasteiger partial charge in [-0.3, -0.25) is 4.79 Å². The summed E-state index contributed by atoms with van der Waals surface area (Å²) in [6.45, 7) is 5.64. The van der Waals surface area contributed by atoms with E-state index in [-0.39, 0.29) is 18.2 Å². The molecule has 0 saturated carbocycles. The lowest BCUT2D eigenvalue weighted by molar-refractivity contribution is -0.122. The smallest absolute Gasteiger partial charge is 0.242 e. The maximum atomic E-state index is 11.7. The molecule has 1 aliphatic rings. The second-order valence-corrected chi connectivity index (χ2v) is 5.59. The van der Waals surface area contributed by atoms with E-state index in [0.717, 1.165) is 0 Å². The Labute approximate surface area is 95.9 Å². The van der Waals surface area contributed by atoms with E-state index in [1.165, 1.54) is 4.31 Å². The molecule has 16 heavy (non-hydrogen) atoms. The fourth-order valence-electron chi connectivity index (χ4n) is 1.45. The molecule has 6 heteroatoms. The molecule has 0 aliphatic carbocycles. The first-order valence-corrected chi connectivity index (χ1v) is 6.68. The quantitative estimate of drug-likeness (QED) is 0.686. The van der Waals surface area contributed by atoms with Crippen LogP contribution in [-0.2, 0) is 14.8 Å². The molecule has 0 unspecified atom stereocenters. The molecule has 0 aromatic heterocycles. The Morgan fingerprint density at radius 3 is 2.94 bits per heavy atom. The summed E-state index contributed by atoms with van der Waals surface area (Å²) in [6.07, 6.45) is 4.84. The molecule has 0 aromatic rings. The molecular weight excluding hydrogens is 228 g/mol. The monoisotopic (exact) mass is 244 g/mol. The van der Waals surface area contributed by atoms with Crippen molar-refractivity contribution in [3.8, 4) is 0 Å². The summed E-state index contributed by atoms with van der Waals surface area (Å²) in [7, 11) is -3.33. The Kier molecular flexibility index (Phi) is 4.26. The Balaban J connectivity index is 2.76. The zero-order valence-electron chi connectivity index (χ0n) is 9.22. The molecule has 1 aliphatic heterocycles. The SMILES string of the molecule is C=CCNC(=O)[C@@H]1C=CCN1S(=O)(=O)CC. The Morgan fingerprint density at radius 1 is 1.69 bits per heavy atom. The van der Waals surface area contributed by atoms with Gasteiger partial charge in [0.25, 0.3) is 0 Å². The van der Waals surface area contributed by atoms with Crippen LogP contribution >= 0.6 is 0 Å². The van der Waals surface area contributed by atoms with Crippen LogP contribution in [0.2, 0.25) is 0 Å². The Bertz CT molecular complexity index is 400. The molecule has 1 amide bonds. The van der Waals surface area contributed by atoms with Crippen LogP contribution in [0.25, 0.3) is 0 Å². The summed E-state index contributed by atoms with van der Waals surface area (Å²) in [5.41, 5.74) is 0. The lowest BCUT2D eigenvalue weighted by atomic mass is 10.3. The van der Waals surface area contributed by atoms with Crippen molar-refractivity contribution in [2.24, 2.45) is 0 Å². The van der Waals surface area contributed by atoms with E-state index in [0.29, 0.717) is 6.54 Å². The lowest BCUT2D eigenvalue weighted by Gasteiger charge is -2.22. The van der Waals surface area contributed by atoms with Gasteiger partial charge in [-0.25, -0.2) is 8.42 Å². The first-order valence-electron chi connectivity index (χ1n) is 5.07. The van der Waals surface area contributed by atoms with E-state index in [1.807, 2.05) is 0 Å². The van der Waals surface area contributed by atoms with E-state index in [1.54, 1.807) is 25.2 Å². The number of carbonyl (C=O) groups is 1. The van der Waals surface area contributed by atoms with Gasteiger partial charge < -0.3 is 5.32 Å². The van der Waals surface area contributed by atoms with E-state index in [4.69, 9.17) is 0 Å². The molecule has 0 bridgehead atoms. The van der Waals surface area contributed by atoms with Crippen molar-refractivity contribution >= 4 is 15.9 Å². The fraction of sp³-hybridized carbons (Fsp3) is 0.500. The molecule has 90 valence electrons. The van der Waals surface area contributed by atoms with Crippen LogP contribution in [0.3, 0.4) is 0 Å². The van der Waals surface area contributed by atoms with E-state index < -0.39 is 16.1 Å². The minimum Gasteiger partial charge on any atom is -0.351 e. The number of hydrogen-bond acceptors (Lipinski definition) is 3. The molecule has 1 N–H and O–H groups in total. The highest BCUT2D eigenvalue weighted by molar-refractivity contribution is 7.89. The van der Waals surface area contributed by atoms with Gasteiger partial charge in [-0.15, -0.1) is 6.58 Å². The predicted octanol–water partition coefficient (Wildman–Crippen LogP) is -0.121. The molecule has 0 saturated heterocycles. The normalized spacial score (nSPS) is 20.9. The standard InChI is InChI=1S/C10H16N2O3S/c1-3-7-11-10(13)9-6-5-8-12(9)16(14,15)4-2/h3,5-6,9H,1,4,7-8H2,2H3,(H,11,13)/t9-/m0/s1. The van der Waals surface area contributed by atoms with Crippen LogP contribution < -0.4 is 5.32 Å². The van der Waals surface area contributed by atoms with Crippen LogP contribution in [0.1, 0.15) is 6.92 Å². The number of amides is 1. The van der Waals surface area contributed by atoms with Crippen molar-refractivity contribution in [2.75, 3.05) is 18.8 Å². The van der Waals surface area contributed by atoms with Crippen molar-refractivity contribution in [1.82, 2.24) is 9.62 Å². The Hall–Kier alpha value is -1.14. The summed E-state index contributed by atoms with van der Waals surface area (Å²) >= 11 is 0. The zero-order chi connectivity index (χ0) is 12.2. The highest BCUT2D eigenvalue weighted by Gasteiger charge is 2.33. The average Bonchev–Trinajstić information content (AvgIpc) is 2.75. The zero-order valence-corrected chi connectivity index (χ0v) is 10.0. The van der Waals surface area contributed by atoms with Crippen molar-refractivity contribution in [3.05, 3.63) is 24.8 Å². The maximum Gasteiger partial charge on any atom is 0.242 e. The average molecular weight is 244 g/mol.